The Hall–Kier alpha value is -1.94. The van der Waals surface area contributed by atoms with Crippen molar-refractivity contribution in [3.05, 3.63) is 0 Å². The molecule has 0 heterocycles. The van der Waals surface area contributed by atoms with Crippen LogP contribution >= 0.6 is 15.6 Å². The van der Waals surface area contributed by atoms with Gasteiger partial charge in [-0.05, 0) is 43.4 Å². The number of phosphoric ester groups is 2. The molecule has 0 spiro atoms. The van der Waals surface area contributed by atoms with Crippen molar-refractivity contribution in [3.63, 3.8) is 0 Å². The Labute approximate surface area is 658 Å². The number of phosphoric acid groups is 2. The topological polar surface area (TPSA) is 237 Å². The third-order valence-electron chi connectivity index (χ3n) is 21.0. The molecule has 636 valence electrons. The van der Waals surface area contributed by atoms with E-state index in [1.54, 1.807) is 0 Å². The fourth-order valence-corrected chi connectivity index (χ4v) is 15.3. The molecule has 0 aromatic rings. The molecule has 0 aliphatic carbocycles. The average Bonchev–Trinajstić information content (AvgIpc) is 0.904. The van der Waals surface area contributed by atoms with Crippen LogP contribution in [-0.2, 0) is 65.4 Å². The second-order valence-corrected chi connectivity index (χ2v) is 35.7. The minimum Gasteiger partial charge on any atom is -0.462 e. The highest BCUT2D eigenvalue weighted by Crippen LogP contribution is 2.45. The summed E-state index contributed by atoms with van der Waals surface area (Å²) in [4.78, 5) is 73.3. The number of aliphatic hydroxyl groups excluding tert-OH is 1. The number of unbranched alkanes of at least 4 members (excludes halogenated alkanes) is 53. The van der Waals surface area contributed by atoms with Crippen molar-refractivity contribution in [2.24, 2.45) is 17.8 Å². The minimum absolute atomic E-state index is 0.106. The van der Waals surface area contributed by atoms with E-state index >= 15 is 0 Å². The highest BCUT2D eigenvalue weighted by atomic mass is 31.2. The number of ether oxygens (including phenoxy) is 4. The van der Waals surface area contributed by atoms with E-state index in [2.05, 4.69) is 48.5 Å². The summed E-state index contributed by atoms with van der Waals surface area (Å²) in [5.74, 6) is 0.225. The number of hydrogen-bond donors (Lipinski definition) is 3. The lowest BCUT2D eigenvalue weighted by atomic mass is 10.00. The predicted molar refractivity (Wildman–Crippen MR) is 441 cm³/mol. The molecule has 0 aromatic heterocycles. The number of aliphatic hydroxyl groups is 1. The Balaban J connectivity index is 5.22. The van der Waals surface area contributed by atoms with Crippen LogP contribution in [0.1, 0.15) is 466 Å². The first-order valence-corrected chi connectivity index (χ1v) is 48.4. The molecule has 0 rings (SSSR count). The van der Waals surface area contributed by atoms with Crippen molar-refractivity contribution in [2.75, 3.05) is 39.6 Å². The third kappa shape index (κ3) is 80.5. The quantitative estimate of drug-likeness (QED) is 0.0222. The molecule has 17 nitrogen and oxygen atoms in total. The molecular weight excluding hydrogens is 1390 g/mol. The molecule has 107 heavy (non-hydrogen) atoms. The van der Waals surface area contributed by atoms with Gasteiger partial charge in [-0.25, -0.2) is 9.13 Å². The molecule has 0 bridgehead atoms. The first-order valence-electron chi connectivity index (χ1n) is 45.4. The molecule has 0 aliphatic heterocycles. The standard InChI is InChI=1S/C88H172O17P2/c1-8-10-11-12-13-14-15-16-17-18-19-20-21-22-23-28-33-38-43-48-57-64-71-87(92)104-83(75-98-85(90)69-62-55-47-42-37-32-27-25-24-26-30-35-40-45-52-59-66-79(3)4)77-102-106(94,95)100-73-82(89)74-101-107(96,97)103-78-84(76-99-86(91)70-63-56-51-50-54-61-68-81(7)9-2)105-88(93)72-65-58-49-44-39-34-29-31-36-41-46-53-60-67-80(5)6/h79-84,89H,8-78H2,1-7H3,(H,94,95)(H,96,97)/t81?,82-,83-,84-/m1/s1. The molecule has 19 heteroatoms. The molecule has 3 unspecified atom stereocenters. The second-order valence-electron chi connectivity index (χ2n) is 32.8. The van der Waals surface area contributed by atoms with Crippen LogP contribution in [0.25, 0.3) is 0 Å². The van der Waals surface area contributed by atoms with Crippen LogP contribution < -0.4 is 0 Å². The lowest BCUT2D eigenvalue weighted by Crippen LogP contribution is -2.30. The molecule has 0 saturated carbocycles. The Bertz CT molecular complexity index is 2060. The zero-order valence-corrected chi connectivity index (χ0v) is 72.4. The van der Waals surface area contributed by atoms with E-state index < -0.39 is 97.5 Å². The van der Waals surface area contributed by atoms with Gasteiger partial charge in [0.2, 0.25) is 0 Å². The maximum atomic E-state index is 13.2. The molecule has 0 saturated heterocycles. The molecule has 3 N–H and O–H groups in total. The van der Waals surface area contributed by atoms with E-state index in [4.69, 9.17) is 37.0 Å². The van der Waals surface area contributed by atoms with Crippen LogP contribution in [0.2, 0.25) is 0 Å². The summed E-state index contributed by atoms with van der Waals surface area (Å²) < 4.78 is 68.9. The van der Waals surface area contributed by atoms with E-state index in [1.807, 2.05) is 0 Å². The van der Waals surface area contributed by atoms with Crippen LogP contribution in [0.4, 0.5) is 0 Å². The predicted octanol–water partition coefficient (Wildman–Crippen LogP) is 26.9. The van der Waals surface area contributed by atoms with Gasteiger partial charge in [0.15, 0.2) is 12.2 Å². The fourth-order valence-electron chi connectivity index (χ4n) is 13.7. The zero-order chi connectivity index (χ0) is 78.6. The van der Waals surface area contributed by atoms with Crippen LogP contribution in [-0.4, -0.2) is 96.7 Å². The SMILES string of the molecule is CCCCCCCCCCCCCCCCCCCCCCCCC(=O)O[C@H](COC(=O)CCCCCCCCCCCCCCCCCCC(C)C)COP(=O)(O)OC[C@@H](O)COP(=O)(O)OC[C@@H](COC(=O)CCCCCCCCC(C)CC)OC(=O)CCCCCCCCCCCCCCCC(C)C. The average molecular weight is 1560 g/mol. The van der Waals surface area contributed by atoms with Gasteiger partial charge in [0.1, 0.15) is 19.3 Å². The normalized spacial score (nSPS) is 14.1. The molecular formula is C88H172O17P2. The van der Waals surface area contributed by atoms with Crippen LogP contribution in [0.15, 0.2) is 0 Å². The molecule has 0 aromatic carbocycles. The summed E-state index contributed by atoms with van der Waals surface area (Å²) in [5, 5.41) is 10.7. The molecule has 0 fully saturated rings. The monoisotopic (exact) mass is 1560 g/mol. The van der Waals surface area contributed by atoms with Crippen LogP contribution in [0.5, 0.6) is 0 Å². The summed E-state index contributed by atoms with van der Waals surface area (Å²) >= 11 is 0. The van der Waals surface area contributed by atoms with Crippen molar-refractivity contribution in [1.29, 1.82) is 0 Å². The van der Waals surface area contributed by atoms with Gasteiger partial charge in [0, 0.05) is 25.7 Å². The summed E-state index contributed by atoms with van der Waals surface area (Å²) in [6.07, 6.45) is 69.6. The van der Waals surface area contributed by atoms with Crippen molar-refractivity contribution in [3.8, 4) is 0 Å². The van der Waals surface area contributed by atoms with E-state index in [-0.39, 0.29) is 25.7 Å². The second kappa shape index (κ2) is 78.0. The van der Waals surface area contributed by atoms with Crippen molar-refractivity contribution in [1.82, 2.24) is 0 Å². The van der Waals surface area contributed by atoms with E-state index in [0.29, 0.717) is 25.7 Å². The number of esters is 4. The van der Waals surface area contributed by atoms with E-state index in [9.17, 15) is 43.2 Å². The van der Waals surface area contributed by atoms with E-state index in [1.165, 1.54) is 270 Å². The van der Waals surface area contributed by atoms with Crippen molar-refractivity contribution < 1.29 is 80.2 Å². The maximum Gasteiger partial charge on any atom is 0.472 e. The number of rotatable bonds is 86. The fraction of sp³-hybridized carbons (Fsp3) is 0.955. The lowest BCUT2D eigenvalue weighted by Gasteiger charge is -2.21. The molecule has 0 aliphatic rings. The Morgan fingerprint density at radius 3 is 0.710 bits per heavy atom. The van der Waals surface area contributed by atoms with Gasteiger partial charge in [0.05, 0.1) is 26.4 Å². The summed E-state index contributed by atoms with van der Waals surface area (Å²) in [5.41, 5.74) is 0. The van der Waals surface area contributed by atoms with Gasteiger partial charge in [0.25, 0.3) is 0 Å². The largest absolute Gasteiger partial charge is 0.472 e. The van der Waals surface area contributed by atoms with Gasteiger partial charge in [-0.2, -0.15) is 0 Å². The van der Waals surface area contributed by atoms with Crippen LogP contribution in [0, 0.1) is 17.8 Å². The highest BCUT2D eigenvalue weighted by Gasteiger charge is 2.31. The Morgan fingerprint density at radius 2 is 0.477 bits per heavy atom. The smallest absolute Gasteiger partial charge is 0.462 e. The van der Waals surface area contributed by atoms with Gasteiger partial charge in [-0.3, -0.25) is 37.3 Å². The molecule has 0 amide bonds. The summed E-state index contributed by atoms with van der Waals surface area (Å²) in [7, 11) is -9.93. The number of hydrogen-bond acceptors (Lipinski definition) is 15. The first kappa shape index (κ1) is 105. The zero-order valence-electron chi connectivity index (χ0n) is 70.6. The van der Waals surface area contributed by atoms with Crippen LogP contribution in [0.3, 0.4) is 0 Å². The molecule has 0 radical (unpaired) electrons. The van der Waals surface area contributed by atoms with Gasteiger partial charge < -0.3 is 33.8 Å². The minimum atomic E-state index is -4.97. The van der Waals surface area contributed by atoms with E-state index in [0.717, 1.165) is 114 Å². The Kier molecular flexibility index (Phi) is 76.6. The maximum absolute atomic E-state index is 13.2. The van der Waals surface area contributed by atoms with Gasteiger partial charge in [-0.1, -0.05) is 414 Å². The Morgan fingerprint density at radius 1 is 0.271 bits per heavy atom. The first-order chi connectivity index (χ1) is 51.8. The highest BCUT2D eigenvalue weighted by molar-refractivity contribution is 7.47. The van der Waals surface area contributed by atoms with Gasteiger partial charge in [-0.15, -0.1) is 0 Å². The summed E-state index contributed by atoms with van der Waals surface area (Å²) in [6.45, 7) is 12.0. The molecule has 6 atom stereocenters. The number of carbonyl (C=O) groups is 4. The number of carbonyl (C=O) groups excluding carboxylic acids is 4. The third-order valence-corrected chi connectivity index (χ3v) is 22.9. The summed E-state index contributed by atoms with van der Waals surface area (Å²) in [6, 6.07) is 0. The van der Waals surface area contributed by atoms with Gasteiger partial charge >= 0.3 is 39.5 Å². The lowest BCUT2D eigenvalue weighted by molar-refractivity contribution is -0.161. The van der Waals surface area contributed by atoms with Crippen molar-refractivity contribution in [2.45, 2.75) is 484 Å². The van der Waals surface area contributed by atoms with Crippen molar-refractivity contribution >= 4 is 39.5 Å².